The highest BCUT2D eigenvalue weighted by Crippen LogP contribution is 2.31. The highest BCUT2D eigenvalue weighted by Gasteiger charge is 2.28. The van der Waals surface area contributed by atoms with Crippen LogP contribution in [0.1, 0.15) is 29.3 Å². The van der Waals surface area contributed by atoms with Gasteiger partial charge in [0.25, 0.3) is 5.91 Å². The average molecular weight is 511 g/mol. The van der Waals surface area contributed by atoms with E-state index in [0.717, 1.165) is 10.6 Å². The van der Waals surface area contributed by atoms with Crippen LogP contribution in [0.4, 0.5) is 4.39 Å². The van der Waals surface area contributed by atoms with E-state index in [1.165, 1.54) is 29.2 Å². The van der Waals surface area contributed by atoms with Crippen LogP contribution in [0.2, 0.25) is 0 Å². The zero-order valence-electron chi connectivity index (χ0n) is 19.2. The zero-order valence-corrected chi connectivity index (χ0v) is 20.8. The molecule has 0 N–H and O–H groups in total. The van der Waals surface area contributed by atoms with Crippen molar-refractivity contribution in [2.24, 2.45) is 0 Å². The van der Waals surface area contributed by atoms with E-state index >= 15 is 0 Å². The van der Waals surface area contributed by atoms with E-state index < -0.39 is 0 Å². The van der Waals surface area contributed by atoms with E-state index in [0.29, 0.717) is 41.2 Å². The minimum absolute atomic E-state index is 0.00452. The number of hydrogen-bond acceptors (Lipinski definition) is 8. The molecule has 1 aliphatic rings. The number of thioether (sulfide) groups is 1. The number of morpholine rings is 1. The molecule has 0 spiro atoms. The number of halogens is 1. The maximum atomic E-state index is 14.8. The molecule has 180 valence electrons. The zero-order chi connectivity index (χ0) is 24.4. The molecule has 2 atom stereocenters. The molecule has 2 unspecified atom stereocenters. The van der Waals surface area contributed by atoms with Crippen molar-refractivity contribution in [3.8, 4) is 17.1 Å². The number of benzene rings is 1. The van der Waals surface area contributed by atoms with Crippen LogP contribution in [0.25, 0.3) is 17.1 Å². The van der Waals surface area contributed by atoms with Gasteiger partial charge in [0.2, 0.25) is 0 Å². The van der Waals surface area contributed by atoms with Crippen molar-refractivity contribution in [1.82, 2.24) is 29.6 Å². The summed E-state index contributed by atoms with van der Waals surface area (Å²) in [4.78, 5) is 23.5. The predicted molar refractivity (Wildman–Crippen MR) is 132 cm³/mol. The molecular formula is C24H23FN6O2S2. The smallest absolute Gasteiger partial charge is 0.273 e. The first-order valence-electron chi connectivity index (χ1n) is 11.1. The Balaban J connectivity index is 1.37. The van der Waals surface area contributed by atoms with Crippen molar-refractivity contribution >= 4 is 29.0 Å². The van der Waals surface area contributed by atoms with Gasteiger partial charge in [-0.05, 0) is 38.1 Å². The van der Waals surface area contributed by atoms with Crippen LogP contribution >= 0.6 is 23.1 Å². The second-order valence-corrected chi connectivity index (χ2v) is 10.1. The number of aromatic nitrogens is 5. The van der Waals surface area contributed by atoms with Crippen molar-refractivity contribution in [2.45, 2.75) is 37.0 Å². The van der Waals surface area contributed by atoms with Gasteiger partial charge in [0, 0.05) is 36.4 Å². The summed E-state index contributed by atoms with van der Waals surface area (Å²) in [6.07, 6.45) is 3.33. The third kappa shape index (κ3) is 5.12. The van der Waals surface area contributed by atoms with Crippen molar-refractivity contribution in [2.75, 3.05) is 13.1 Å². The highest BCUT2D eigenvalue weighted by atomic mass is 32.2. The molecule has 1 amide bonds. The average Bonchev–Trinajstić information content (AvgIpc) is 3.50. The van der Waals surface area contributed by atoms with Crippen LogP contribution in [-0.4, -0.2) is 60.8 Å². The molecule has 1 saturated heterocycles. The molecule has 4 aromatic rings. The lowest BCUT2D eigenvalue weighted by Crippen LogP contribution is -2.48. The Morgan fingerprint density at radius 2 is 1.97 bits per heavy atom. The van der Waals surface area contributed by atoms with Gasteiger partial charge in [-0.1, -0.05) is 23.9 Å². The van der Waals surface area contributed by atoms with Crippen molar-refractivity contribution in [3.63, 3.8) is 0 Å². The Hall–Kier alpha value is -3.15. The fourth-order valence-corrected chi connectivity index (χ4v) is 5.73. The molecule has 0 bridgehead atoms. The first-order chi connectivity index (χ1) is 17.0. The monoisotopic (exact) mass is 510 g/mol. The van der Waals surface area contributed by atoms with E-state index in [2.05, 4.69) is 20.2 Å². The Kier molecular flexibility index (Phi) is 6.89. The minimum Gasteiger partial charge on any atom is -0.372 e. The molecule has 3 aromatic heterocycles. The van der Waals surface area contributed by atoms with Gasteiger partial charge < -0.3 is 9.64 Å². The Labute approximate surface area is 210 Å². The first-order valence-corrected chi connectivity index (χ1v) is 13.0. The number of rotatable bonds is 6. The number of para-hydroxylation sites is 1. The van der Waals surface area contributed by atoms with Crippen molar-refractivity contribution in [1.29, 1.82) is 0 Å². The summed E-state index contributed by atoms with van der Waals surface area (Å²) in [5.41, 5.74) is 1.51. The van der Waals surface area contributed by atoms with E-state index in [-0.39, 0.29) is 23.9 Å². The van der Waals surface area contributed by atoms with Gasteiger partial charge in [0.1, 0.15) is 16.5 Å². The number of carbonyl (C=O) groups is 1. The second kappa shape index (κ2) is 10.2. The number of nitrogens with zero attached hydrogens (tertiary/aromatic N) is 6. The topological polar surface area (TPSA) is 86.0 Å². The van der Waals surface area contributed by atoms with Gasteiger partial charge in [-0.2, -0.15) is 0 Å². The molecular weight excluding hydrogens is 487 g/mol. The number of carbonyl (C=O) groups excluding carboxylic acids is 1. The van der Waals surface area contributed by atoms with Crippen LogP contribution in [0, 0.1) is 5.82 Å². The van der Waals surface area contributed by atoms with Gasteiger partial charge in [0.15, 0.2) is 11.0 Å². The van der Waals surface area contributed by atoms with Crippen LogP contribution in [0.5, 0.6) is 0 Å². The predicted octanol–water partition coefficient (Wildman–Crippen LogP) is 4.47. The van der Waals surface area contributed by atoms with E-state index in [1.54, 1.807) is 51.5 Å². The molecule has 5 rings (SSSR count). The van der Waals surface area contributed by atoms with Crippen molar-refractivity contribution < 1.29 is 13.9 Å². The second-order valence-electron chi connectivity index (χ2n) is 8.22. The van der Waals surface area contributed by atoms with Gasteiger partial charge in [-0.3, -0.25) is 14.3 Å². The van der Waals surface area contributed by atoms with Crippen molar-refractivity contribution in [3.05, 3.63) is 70.7 Å². The van der Waals surface area contributed by atoms with Crippen LogP contribution < -0.4 is 0 Å². The maximum absolute atomic E-state index is 14.8. The Morgan fingerprint density at radius 1 is 1.17 bits per heavy atom. The fraction of sp³-hybridized carbons (Fsp3) is 0.292. The minimum atomic E-state index is -0.379. The molecule has 1 aliphatic heterocycles. The molecule has 1 aromatic carbocycles. The molecule has 11 heteroatoms. The van der Waals surface area contributed by atoms with E-state index in [4.69, 9.17) is 4.74 Å². The van der Waals surface area contributed by atoms with Gasteiger partial charge in [0.05, 0.1) is 23.6 Å². The van der Waals surface area contributed by atoms with E-state index in [9.17, 15) is 9.18 Å². The fourth-order valence-electron chi connectivity index (χ4n) is 4.00. The lowest BCUT2D eigenvalue weighted by molar-refractivity contribution is -0.0587. The summed E-state index contributed by atoms with van der Waals surface area (Å²) >= 11 is 2.80. The van der Waals surface area contributed by atoms with Gasteiger partial charge in [-0.25, -0.2) is 9.37 Å². The number of thiazole rings is 1. The van der Waals surface area contributed by atoms with Gasteiger partial charge >= 0.3 is 0 Å². The summed E-state index contributed by atoms with van der Waals surface area (Å²) in [6, 6.07) is 10.2. The molecule has 1 fully saturated rings. The Morgan fingerprint density at radius 3 is 2.71 bits per heavy atom. The lowest BCUT2D eigenvalue weighted by Gasteiger charge is -2.34. The highest BCUT2D eigenvalue weighted by molar-refractivity contribution is 7.98. The first kappa shape index (κ1) is 23.6. The SMILES string of the molecule is CC1CN(C(=O)c2csc(CSc3nnc(-c4cccnc4)n3-c3ccccc3F)n2)CC(C)O1. The number of amides is 1. The van der Waals surface area contributed by atoms with Crippen LogP contribution in [0.15, 0.2) is 59.3 Å². The van der Waals surface area contributed by atoms with Gasteiger partial charge in [-0.15, -0.1) is 21.5 Å². The molecule has 0 radical (unpaired) electrons. The molecule has 8 nitrogen and oxygen atoms in total. The summed E-state index contributed by atoms with van der Waals surface area (Å²) in [5, 5.41) is 11.7. The Bertz CT molecular complexity index is 1320. The number of ether oxygens (including phenoxy) is 1. The number of pyridine rings is 1. The summed E-state index contributed by atoms with van der Waals surface area (Å²) in [6.45, 7) is 5.02. The molecule has 0 aliphatic carbocycles. The summed E-state index contributed by atoms with van der Waals surface area (Å²) in [5.74, 6) is 0.493. The standard InChI is InChI=1S/C24H23FN6O2S2/c1-15-11-30(12-16(2)33-15)23(32)19-13-34-21(27-19)14-35-24-29-28-22(17-6-5-9-26-10-17)31(24)20-8-4-3-7-18(20)25/h3-10,13,15-16H,11-12,14H2,1-2H3. The largest absolute Gasteiger partial charge is 0.372 e. The van der Waals surface area contributed by atoms with E-state index in [1.807, 2.05) is 19.9 Å². The normalized spacial score (nSPS) is 18.1. The summed E-state index contributed by atoms with van der Waals surface area (Å²) < 4.78 is 22.2. The molecule has 0 saturated carbocycles. The van der Waals surface area contributed by atoms with Crippen LogP contribution in [-0.2, 0) is 10.5 Å². The summed E-state index contributed by atoms with van der Waals surface area (Å²) in [7, 11) is 0. The lowest BCUT2D eigenvalue weighted by atomic mass is 10.2. The molecule has 35 heavy (non-hydrogen) atoms. The third-order valence-corrected chi connectivity index (χ3v) is 7.42. The maximum Gasteiger partial charge on any atom is 0.273 e. The quantitative estimate of drug-likeness (QED) is 0.354. The molecule has 4 heterocycles. The van der Waals surface area contributed by atoms with Crippen LogP contribution in [0.3, 0.4) is 0 Å². The third-order valence-electron chi connectivity index (χ3n) is 5.45. The number of hydrogen-bond donors (Lipinski definition) is 0.